The standard InChI is InChI=1S/C16H15N3O3/c1-19-14-12(18-15(21)16(19)22)7-11(8-13(14)20)17-9-10-5-3-2-4-6-10/h2-8,17,20H,9H2,1H3,(H,18,21). The number of phenolic OH excluding ortho intramolecular Hbond substituents is 1. The van der Waals surface area contributed by atoms with E-state index >= 15 is 0 Å². The minimum absolute atomic E-state index is 0.0658. The lowest BCUT2D eigenvalue weighted by Crippen LogP contribution is -2.34. The molecule has 0 aliphatic heterocycles. The van der Waals surface area contributed by atoms with E-state index in [1.54, 1.807) is 6.07 Å². The van der Waals surface area contributed by atoms with Crippen molar-refractivity contribution in [3.63, 3.8) is 0 Å². The Morgan fingerprint density at radius 3 is 2.64 bits per heavy atom. The van der Waals surface area contributed by atoms with Crippen LogP contribution in [0.15, 0.2) is 52.1 Å². The molecule has 0 aliphatic rings. The highest BCUT2D eigenvalue weighted by Gasteiger charge is 2.10. The van der Waals surface area contributed by atoms with Gasteiger partial charge in [0.25, 0.3) is 0 Å². The van der Waals surface area contributed by atoms with Gasteiger partial charge in [0.05, 0.1) is 5.52 Å². The normalized spacial score (nSPS) is 10.8. The number of nitrogens with one attached hydrogen (secondary N) is 2. The van der Waals surface area contributed by atoms with Crippen molar-refractivity contribution in [1.82, 2.24) is 9.55 Å². The van der Waals surface area contributed by atoms with Crippen LogP contribution in [0.2, 0.25) is 0 Å². The molecule has 3 N–H and O–H groups in total. The topological polar surface area (TPSA) is 87.1 Å². The Morgan fingerprint density at radius 1 is 1.18 bits per heavy atom. The molecule has 6 nitrogen and oxygen atoms in total. The SMILES string of the molecule is Cn1c(=O)c(=O)[nH]c2cc(NCc3ccccc3)cc(O)c21. The lowest BCUT2D eigenvalue weighted by molar-refractivity contribution is 0.478. The Balaban J connectivity index is 2.01. The van der Waals surface area contributed by atoms with Crippen molar-refractivity contribution >= 4 is 16.7 Å². The van der Waals surface area contributed by atoms with E-state index in [4.69, 9.17) is 0 Å². The first-order valence-electron chi connectivity index (χ1n) is 6.80. The van der Waals surface area contributed by atoms with E-state index < -0.39 is 11.1 Å². The highest BCUT2D eigenvalue weighted by Crippen LogP contribution is 2.26. The van der Waals surface area contributed by atoms with Crippen molar-refractivity contribution in [3.05, 3.63) is 68.7 Å². The molecule has 1 heterocycles. The molecule has 3 aromatic rings. The molecule has 0 amide bonds. The van der Waals surface area contributed by atoms with Crippen molar-refractivity contribution in [1.29, 1.82) is 0 Å². The number of phenols is 1. The number of hydrogen-bond donors (Lipinski definition) is 3. The molecule has 0 aliphatic carbocycles. The van der Waals surface area contributed by atoms with Gasteiger partial charge >= 0.3 is 11.1 Å². The van der Waals surface area contributed by atoms with Gasteiger partial charge in [-0.2, -0.15) is 0 Å². The summed E-state index contributed by atoms with van der Waals surface area (Å²) in [4.78, 5) is 25.7. The fraction of sp³-hybridized carbons (Fsp3) is 0.125. The molecule has 0 saturated heterocycles. The number of H-pyrrole nitrogens is 1. The van der Waals surface area contributed by atoms with Crippen LogP contribution in [0.1, 0.15) is 5.56 Å². The van der Waals surface area contributed by atoms with E-state index in [-0.39, 0.29) is 5.75 Å². The van der Waals surface area contributed by atoms with Gasteiger partial charge in [0.15, 0.2) is 0 Å². The van der Waals surface area contributed by atoms with E-state index in [9.17, 15) is 14.7 Å². The second-order valence-electron chi connectivity index (χ2n) is 5.05. The summed E-state index contributed by atoms with van der Waals surface area (Å²) in [6.07, 6.45) is 0. The van der Waals surface area contributed by atoms with E-state index in [2.05, 4.69) is 10.3 Å². The first-order valence-corrected chi connectivity index (χ1v) is 6.80. The van der Waals surface area contributed by atoms with Crippen LogP contribution in [0.5, 0.6) is 5.75 Å². The van der Waals surface area contributed by atoms with Gasteiger partial charge in [-0.3, -0.25) is 9.59 Å². The van der Waals surface area contributed by atoms with Crippen molar-refractivity contribution in [3.8, 4) is 5.75 Å². The largest absolute Gasteiger partial charge is 0.506 e. The van der Waals surface area contributed by atoms with Crippen molar-refractivity contribution in [2.75, 3.05) is 5.32 Å². The van der Waals surface area contributed by atoms with Crippen LogP contribution in [0.4, 0.5) is 5.69 Å². The van der Waals surface area contributed by atoms with Gasteiger partial charge in [-0.25, -0.2) is 0 Å². The van der Waals surface area contributed by atoms with Gasteiger partial charge in [-0.15, -0.1) is 0 Å². The maximum Gasteiger partial charge on any atom is 0.316 e. The van der Waals surface area contributed by atoms with E-state index in [1.165, 1.54) is 13.1 Å². The predicted molar refractivity (Wildman–Crippen MR) is 85.2 cm³/mol. The average molecular weight is 297 g/mol. The van der Waals surface area contributed by atoms with Gasteiger partial charge in [-0.05, 0) is 11.6 Å². The van der Waals surface area contributed by atoms with E-state index in [0.717, 1.165) is 10.1 Å². The molecular formula is C16H15N3O3. The second kappa shape index (κ2) is 5.40. The number of hydrogen-bond acceptors (Lipinski definition) is 4. The summed E-state index contributed by atoms with van der Waals surface area (Å²) >= 11 is 0. The molecule has 2 aromatic carbocycles. The number of aromatic amines is 1. The summed E-state index contributed by atoms with van der Waals surface area (Å²) in [7, 11) is 1.46. The molecule has 22 heavy (non-hydrogen) atoms. The quantitative estimate of drug-likeness (QED) is 0.640. The van der Waals surface area contributed by atoms with Gasteiger partial charge in [0.1, 0.15) is 11.3 Å². The number of aromatic nitrogens is 2. The van der Waals surface area contributed by atoms with E-state index in [1.807, 2.05) is 30.3 Å². The molecule has 3 rings (SSSR count). The predicted octanol–water partition coefficient (Wildman–Crippen LogP) is 1.54. The third kappa shape index (κ3) is 2.46. The smallest absolute Gasteiger partial charge is 0.316 e. The number of nitrogens with zero attached hydrogens (tertiary/aromatic N) is 1. The number of benzene rings is 2. The van der Waals surface area contributed by atoms with Crippen LogP contribution in [-0.4, -0.2) is 14.7 Å². The fourth-order valence-electron chi connectivity index (χ4n) is 2.40. The van der Waals surface area contributed by atoms with Gasteiger partial charge in [0, 0.05) is 25.3 Å². The zero-order valence-electron chi connectivity index (χ0n) is 12.0. The van der Waals surface area contributed by atoms with Crippen LogP contribution in [0.25, 0.3) is 11.0 Å². The van der Waals surface area contributed by atoms with Crippen molar-refractivity contribution in [2.45, 2.75) is 6.54 Å². The summed E-state index contributed by atoms with van der Waals surface area (Å²) in [6.45, 7) is 0.585. The second-order valence-corrected chi connectivity index (χ2v) is 5.05. The Kier molecular flexibility index (Phi) is 3.42. The van der Waals surface area contributed by atoms with Crippen LogP contribution in [0.3, 0.4) is 0 Å². The Morgan fingerprint density at radius 2 is 1.91 bits per heavy atom. The maximum atomic E-state index is 11.6. The van der Waals surface area contributed by atoms with Crippen LogP contribution in [0, 0.1) is 0 Å². The first kappa shape index (κ1) is 13.9. The van der Waals surface area contributed by atoms with Crippen LogP contribution in [-0.2, 0) is 13.6 Å². The monoisotopic (exact) mass is 297 g/mol. The minimum atomic E-state index is -0.713. The summed E-state index contributed by atoms with van der Waals surface area (Å²) in [5.41, 5.74) is 1.04. The fourth-order valence-corrected chi connectivity index (χ4v) is 2.40. The summed E-state index contributed by atoms with van der Waals surface area (Å²) < 4.78 is 1.14. The molecule has 0 radical (unpaired) electrons. The molecule has 0 saturated carbocycles. The maximum absolute atomic E-state index is 11.6. The minimum Gasteiger partial charge on any atom is -0.506 e. The summed E-state index contributed by atoms with van der Waals surface area (Å²) in [5, 5.41) is 13.3. The number of anilines is 1. The third-order valence-electron chi connectivity index (χ3n) is 3.51. The molecule has 0 fully saturated rings. The van der Waals surface area contributed by atoms with E-state index in [0.29, 0.717) is 23.3 Å². The molecule has 112 valence electrons. The molecule has 0 bridgehead atoms. The molecule has 0 spiro atoms. The number of rotatable bonds is 3. The van der Waals surface area contributed by atoms with Crippen molar-refractivity contribution < 1.29 is 5.11 Å². The zero-order valence-corrected chi connectivity index (χ0v) is 12.0. The molecule has 6 heteroatoms. The number of aryl methyl sites for hydroxylation is 1. The van der Waals surface area contributed by atoms with Gasteiger partial charge < -0.3 is 20.0 Å². The Bertz CT molecular complexity index is 942. The molecule has 0 atom stereocenters. The summed E-state index contributed by atoms with van der Waals surface area (Å²) in [6, 6.07) is 13.0. The number of fused-ring (bicyclic) bond motifs is 1. The summed E-state index contributed by atoms with van der Waals surface area (Å²) in [5.74, 6) is -0.0658. The highest BCUT2D eigenvalue weighted by atomic mass is 16.3. The Hall–Kier alpha value is -3.02. The van der Waals surface area contributed by atoms with Gasteiger partial charge in [-0.1, -0.05) is 30.3 Å². The Labute approximate surface area is 125 Å². The van der Waals surface area contributed by atoms with Crippen LogP contribution < -0.4 is 16.4 Å². The lowest BCUT2D eigenvalue weighted by Gasteiger charge is -2.11. The lowest BCUT2D eigenvalue weighted by atomic mass is 10.2. The van der Waals surface area contributed by atoms with Crippen molar-refractivity contribution in [2.24, 2.45) is 7.05 Å². The highest BCUT2D eigenvalue weighted by molar-refractivity contribution is 5.85. The molecular weight excluding hydrogens is 282 g/mol. The first-order chi connectivity index (χ1) is 10.6. The third-order valence-corrected chi connectivity index (χ3v) is 3.51. The average Bonchev–Trinajstić information content (AvgIpc) is 2.51. The zero-order chi connectivity index (χ0) is 15.7. The van der Waals surface area contributed by atoms with Gasteiger partial charge in [0.2, 0.25) is 0 Å². The number of aromatic hydroxyl groups is 1. The van der Waals surface area contributed by atoms with Crippen LogP contribution >= 0.6 is 0 Å². The molecule has 1 aromatic heterocycles. The molecule has 0 unspecified atom stereocenters.